The fraction of sp³-hybridized carbons (Fsp3) is 0.500. The van der Waals surface area contributed by atoms with E-state index < -0.39 is 23.1 Å². The predicted octanol–water partition coefficient (Wildman–Crippen LogP) is 5.06. The minimum atomic E-state index is -1.13. The molecule has 2 aromatic rings. The van der Waals surface area contributed by atoms with Crippen molar-refractivity contribution in [2.45, 2.75) is 90.5 Å². The summed E-state index contributed by atoms with van der Waals surface area (Å²) in [5.41, 5.74) is -0.879. The topological polar surface area (TPSA) is 117 Å². The molecule has 2 aromatic carbocycles. The summed E-state index contributed by atoms with van der Waals surface area (Å²) in [7, 11) is 0. The van der Waals surface area contributed by atoms with Crippen LogP contribution in [0, 0.1) is 0 Å². The predicted molar refractivity (Wildman–Crippen MR) is 158 cm³/mol. The van der Waals surface area contributed by atoms with Crippen molar-refractivity contribution in [3.63, 3.8) is 0 Å². The number of hydrogen-bond donors (Lipinski definition) is 2. The summed E-state index contributed by atoms with van der Waals surface area (Å²) in [5, 5.41) is 5.68. The third-order valence-electron chi connectivity index (χ3n) is 7.67. The van der Waals surface area contributed by atoms with Gasteiger partial charge in [0.1, 0.15) is 22.6 Å². The van der Waals surface area contributed by atoms with Gasteiger partial charge in [-0.25, -0.2) is 9.59 Å². The Hall–Kier alpha value is -4.08. The van der Waals surface area contributed by atoms with E-state index in [0.717, 1.165) is 12.8 Å². The Balaban J connectivity index is 1.24. The van der Waals surface area contributed by atoms with E-state index in [0.29, 0.717) is 48.6 Å². The molecule has 2 saturated heterocycles. The zero-order valence-electron chi connectivity index (χ0n) is 25.4. The van der Waals surface area contributed by atoms with Crippen molar-refractivity contribution in [3.05, 3.63) is 59.7 Å². The van der Waals surface area contributed by atoms with Crippen LogP contribution in [0.3, 0.4) is 0 Å². The molecular weight excluding hydrogens is 536 g/mol. The SMILES string of the molecule is CC(C)Oc1ccc(C2(C)NC(=O)N(CCCCCCN3C(=O)NC(C)(c4ccc(OC(C)C)cc4)C3=O)C2=O)cc1. The molecule has 2 heterocycles. The first-order valence-corrected chi connectivity index (χ1v) is 14.7. The molecule has 6 amide bonds. The molecule has 0 aliphatic carbocycles. The Morgan fingerprint density at radius 2 is 0.929 bits per heavy atom. The first kappa shape index (κ1) is 30.9. The second-order valence-electron chi connectivity index (χ2n) is 11.8. The Labute approximate surface area is 247 Å². The molecule has 2 atom stereocenters. The minimum Gasteiger partial charge on any atom is -0.491 e. The second kappa shape index (κ2) is 12.4. The Kier molecular flexibility index (Phi) is 9.13. The number of nitrogens with one attached hydrogen (secondary N) is 2. The number of rotatable bonds is 13. The second-order valence-corrected chi connectivity index (χ2v) is 11.8. The average molecular weight is 579 g/mol. The van der Waals surface area contributed by atoms with E-state index >= 15 is 0 Å². The van der Waals surface area contributed by atoms with E-state index in [4.69, 9.17) is 9.47 Å². The van der Waals surface area contributed by atoms with Crippen LogP contribution < -0.4 is 20.1 Å². The van der Waals surface area contributed by atoms with Gasteiger partial charge in [0.2, 0.25) is 0 Å². The van der Waals surface area contributed by atoms with Gasteiger partial charge in [-0.15, -0.1) is 0 Å². The lowest BCUT2D eigenvalue weighted by Crippen LogP contribution is -2.41. The summed E-state index contributed by atoms with van der Waals surface area (Å²) >= 11 is 0. The Bertz CT molecular complexity index is 1210. The van der Waals surface area contributed by atoms with E-state index in [1.165, 1.54) is 9.80 Å². The molecule has 0 radical (unpaired) electrons. The van der Waals surface area contributed by atoms with Gasteiger partial charge in [-0.3, -0.25) is 19.4 Å². The third kappa shape index (κ3) is 6.37. The highest BCUT2D eigenvalue weighted by molar-refractivity contribution is 6.07. The molecule has 2 fully saturated rings. The highest BCUT2D eigenvalue weighted by atomic mass is 16.5. The van der Waals surface area contributed by atoms with Crippen LogP contribution in [0.25, 0.3) is 0 Å². The van der Waals surface area contributed by atoms with Crippen LogP contribution in [-0.4, -0.2) is 59.0 Å². The minimum absolute atomic E-state index is 0.0382. The van der Waals surface area contributed by atoms with Crippen LogP contribution in [0.15, 0.2) is 48.5 Å². The number of unbranched alkanes of at least 4 members (excludes halogenated alkanes) is 3. The molecule has 2 aliphatic heterocycles. The summed E-state index contributed by atoms with van der Waals surface area (Å²) in [4.78, 5) is 54.3. The largest absolute Gasteiger partial charge is 0.491 e. The number of hydrogen-bond acceptors (Lipinski definition) is 6. The van der Waals surface area contributed by atoms with Gasteiger partial charge in [-0.2, -0.15) is 0 Å². The van der Waals surface area contributed by atoms with Gasteiger partial charge < -0.3 is 20.1 Å². The van der Waals surface area contributed by atoms with Crippen molar-refractivity contribution in [1.29, 1.82) is 0 Å². The summed E-state index contributed by atoms with van der Waals surface area (Å²) in [5.74, 6) is 0.837. The molecule has 10 nitrogen and oxygen atoms in total. The maximum absolute atomic E-state index is 13.2. The van der Waals surface area contributed by atoms with Gasteiger partial charge in [-0.05, 0) is 89.8 Å². The molecule has 2 unspecified atom stereocenters. The number of ether oxygens (including phenoxy) is 2. The summed E-state index contributed by atoms with van der Waals surface area (Å²) in [6.07, 6.45) is 2.81. The van der Waals surface area contributed by atoms with Crippen LogP contribution in [-0.2, 0) is 20.7 Å². The first-order chi connectivity index (χ1) is 19.8. The first-order valence-electron chi connectivity index (χ1n) is 14.7. The van der Waals surface area contributed by atoms with Crippen LogP contribution in [0.5, 0.6) is 11.5 Å². The van der Waals surface area contributed by atoms with Crippen molar-refractivity contribution in [1.82, 2.24) is 20.4 Å². The molecule has 42 heavy (non-hydrogen) atoms. The highest BCUT2D eigenvalue weighted by Gasteiger charge is 2.49. The molecule has 2 aliphatic rings. The van der Waals surface area contributed by atoms with Gasteiger partial charge in [-0.1, -0.05) is 37.1 Å². The maximum Gasteiger partial charge on any atom is 0.325 e. The zero-order valence-corrected chi connectivity index (χ0v) is 25.4. The number of nitrogens with zero attached hydrogens (tertiary/aromatic N) is 2. The Morgan fingerprint density at radius 3 is 1.24 bits per heavy atom. The zero-order chi connectivity index (χ0) is 30.7. The highest BCUT2D eigenvalue weighted by Crippen LogP contribution is 2.32. The molecule has 0 saturated carbocycles. The van der Waals surface area contributed by atoms with E-state index in [2.05, 4.69) is 10.6 Å². The van der Waals surface area contributed by atoms with Gasteiger partial charge in [0.15, 0.2) is 0 Å². The van der Waals surface area contributed by atoms with E-state index in [-0.39, 0.29) is 24.0 Å². The van der Waals surface area contributed by atoms with Crippen molar-refractivity contribution in [2.75, 3.05) is 13.1 Å². The van der Waals surface area contributed by atoms with Crippen LogP contribution in [0.2, 0.25) is 0 Å². The van der Waals surface area contributed by atoms with E-state index in [1.54, 1.807) is 62.4 Å². The summed E-state index contributed by atoms with van der Waals surface area (Å²) in [6, 6.07) is 13.6. The van der Waals surface area contributed by atoms with Crippen LogP contribution in [0.1, 0.15) is 78.4 Å². The summed E-state index contributed by atoms with van der Waals surface area (Å²) < 4.78 is 11.4. The normalized spacial score (nSPS) is 22.3. The standard InChI is InChI=1S/C32H42N4O6/c1-21(2)41-25-15-11-23(12-16-25)31(5)27(37)35(29(39)33-31)19-9-7-8-10-20-36-28(38)32(6,34-30(36)40)24-13-17-26(18-14-24)42-22(3)4/h11-18,21-22H,7-10,19-20H2,1-6H3,(H,33,39)(H,34,40). The van der Waals surface area contributed by atoms with Gasteiger partial charge in [0.05, 0.1) is 12.2 Å². The number of amides is 6. The van der Waals surface area contributed by atoms with Crippen molar-refractivity contribution >= 4 is 23.9 Å². The van der Waals surface area contributed by atoms with Gasteiger partial charge in [0.25, 0.3) is 11.8 Å². The fourth-order valence-corrected chi connectivity index (χ4v) is 5.36. The fourth-order valence-electron chi connectivity index (χ4n) is 5.36. The molecule has 226 valence electrons. The van der Waals surface area contributed by atoms with Crippen molar-refractivity contribution < 1.29 is 28.7 Å². The smallest absolute Gasteiger partial charge is 0.325 e. The molecule has 0 spiro atoms. The number of urea groups is 2. The maximum atomic E-state index is 13.2. The average Bonchev–Trinajstić information content (AvgIpc) is 3.29. The van der Waals surface area contributed by atoms with Crippen molar-refractivity contribution in [3.8, 4) is 11.5 Å². The van der Waals surface area contributed by atoms with E-state index in [9.17, 15) is 19.2 Å². The molecule has 2 N–H and O–H groups in total. The van der Waals surface area contributed by atoms with Crippen molar-refractivity contribution in [2.24, 2.45) is 0 Å². The lowest BCUT2D eigenvalue weighted by Gasteiger charge is -2.23. The molecule has 0 aromatic heterocycles. The van der Waals surface area contributed by atoms with Gasteiger partial charge in [0, 0.05) is 13.1 Å². The lowest BCUT2D eigenvalue weighted by atomic mass is 9.92. The number of benzene rings is 2. The molecule has 4 rings (SSSR count). The quantitative estimate of drug-likeness (QED) is 0.254. The number of carbonyl (C=O) groups is 4. The van der Waals surface area contributed by atoms with Crippen LogP contribution in [0.4, 0.5) is 9.59 Å². The third-order valence-corrected chi connectivity index (χ3v) is 7.67. The lowest BCUT2D eigenvalue weighted by molar-refractivity contribution is -0.132. The molecular formula is C32H42N4O6. The molecule has 10 heteroatoms. The number of imide groups is 2. The van der Waals surface area contributed by atoms with E-state index in [1.807, 2.05) is 27.7 Å². The number of carbonyl (C=O) groups excluding carboxylic acids is 4. The van der Waals surface area contributed by atoms with Crippen LogP contribution >= 0.6 is 0 Å². The van der Waals surface area contributed by atoms with Gasteiger partial charge >= 0.3 is 12.1 Å². The Morgan fingerprint density at radius 1 is 0.595 bits per heavy atom. The monoisotopic (exact) mass is 578 g/mol. The summed E-state index contributed by atoms with van der Waals surface area (Å²) in [6.45, 7) is 11.8. The molecule has 0 bridgehead atoms.